The van der Waals surface area contributed by atoms with Crippen molar-refractivity contribution in [2.75, 3.05) is 13.7 Å². The highest BCUT2D eigenvalue weighted by Gasteiger charge is 2.18. The quantitative estimate of drug-likeness (QED) is 0.671. The van der Waals surface area contributed by atoms with E-state index >= 15 is 0 Å². The first-order chi connectivity index (χ1) is 11.0. The first kappa shape index (κ1) is 16.8. The maximum Gasteiger partial charge on any atom is 0.118 e. The number of ether oxygens (including phenoxy) is 1. The maximum atomic E-state index is 9.45. The van der Waals surface area contributed by atoms with Gasteiger partial charge in [-0.1, -0.05) is 50.2 Å². The van der Waals surface area contributed by atoms with Gasteiger partial charge in [0.2, 0.25) is 0 Å². The minimum atomic E-state index is -0.0645. The van der Waals surface area contributed by atoms with Gasteiger partial charge < -0.3 is 10.5 Å². The van der Waals surface area contributed by atoms with Gasteiger partial charge in [0.05, 0.1) is 18.8 Å². The molecule has 0 saturated carbocycles. The fourth-order valence-electron chi connectivity index (χ4n) is 2.27. The molecule has 0 fully saturated rings. The third kappa shape index (κ3) is 4.00. The van der Waals surface area contributed by atoms with Gasteiger partial charge in [0.1, 0.15) is 5.75 Å². The first-order valence-corrected chi connectivity index (χ1v) is 7.57. The van der Waals surface area contributed by atoms with Gasteiger partial charge in [-0.2, -0.15) is 5.26 Å². The van der Waals surface area contributed by atoms with E-state index in [1.807, 2.05) is 54.6 Å². The lowest BCUT2D eigenvalue weighted by molar-refractivity contribution is 0.415. The molecule has 0 aliphatic heterocycles. The fraction of sp³-hybridized carbons (Fsp3) is 0.250. The molecule has 2 aromatic carbocycles. The second kappa shape index (κ2) is 7.13. The minimum Gasteiger partial charge on any atom is -0.497 e. The van der Waals surface area contributed by atoms with Crippen LogP contribution in [-0.4, -0.2) is 13.7 Å². The SMILES string of the molecule is COc1ccc(/C=C(\C#N)c2ccc(C(C)(C)CN)cc2)cc1. The summed E-state index contributed by atoms with van der Waals surface area (Å²) in [5.74, 6) is 0.800. The van der Waals surface area contributed by atoms with Gasteiger partial charge in [0, 0.05) is 12.0 Å². The average molecular weight is 306 g/mol. The molecule has 0 spiro atoms. The van der Waals surface area contributed by atoms with Crippen LogP contribution in [0.3, 0.4) is 0 Å². The smallest absolute Gasteiger partial charge is 0.118 e. The summed E-state index contributed by atoms with van der Waals surface area (Å²) in [6, 6.07) is 17.9. The lowest BCUT2D eigenvalue weighted by Gasteiger charge is -2.23. The number of nitrogens with two attached hydrogens (primary N) is 1. The number of nitriles is 1. The van der Waals surface area contributed by atoms with Crippen LogP contribution in [0, 0.1) is 11.3 Å². The molecule has 2 N–H and O–H groups in total. The summed E-state index contributed by atoms with van der Waals surface area (Å²) in [7, 11) is 1.63. The van der Waals surface area contributed by atoms with Crippen molar-refractivity contribution in [1.82, 2.24) is 0 Å². The van der Waals surface area contributed by atoms with Crippen LogP contribution in [0.5, 0.6) is 5.75 Å². The Morgan fingerprint density at radius 2 is 1.74 bits per heavy atom. The Hall–Kier alpha value is -2.57. The number of methoxy groups -OCH3 is 1. The summed E-state index contributed by atoms with van der Waals surface area (Å²) in [5, 5.41) is 9.45. The van der Waals surface area contributed by atoms with E-state index in [1.54, 1.807) is 7.11 Å². The van der Waals surface area contributed by atoms with Crippen LogP contribution in [0.15, 0.2) is 48.5 Å². The molecule has 23 heavy (non-hydrogen) atoms. The van der Waals surface area contributed by atoms with Crippen molar-refractivity contribution in [3.8, 4) is 11.8 Å². The second-order valence-corrected chi connectivity index (χ2v) is 6.11. The van der Waals surface area contributed by atoms with Gasteiger partial charge in [-0.15, -0.1) is 0 Å². The topological polar surface area (TPSA) is 59.0 Å². The van der Waals surface area contributed by atoms with Crippen LogP contribution in [-0.2, 0) is 5.41 Å². The minimum absolute atomic E-state index is 0.0645. The van der Waals surface area contributed by atoms with Crippen molar-refractivity contribution < 1.29 is 4.74 Å². The van der Waals surface area contributed by atoms with Gasteiger partial charge in [0.25, 0.3) is 0 Å². The van der Waals surface area contributed by atoms with E-state index in [2.05, 4.69) is 19.9 Å². The normalized spacial score (nSPS) is 11.9. The van der Waals surface area contributed by atoms with Crippen molar-refractivity contribution >= 4 is 11.6 Å². The van der Waals surface area contributed by atoms with E-state index in [9.17, 15) is 5.26 Å². The zero-order valence-corrected chi connectivity index (χ0v) is 13.8. The number of nitrogens with zero attached hydrogens (tertiary/aromatic N) is 1. The Balaban J connectivity index is 2.30. The largest absolute Gasteiger partial charge is 0.497 e. The highest BCUT2D eigenvalue weighted by Crippen LogP contribution is 2.25. The number of hydrogen-bond donors (Lipinski definition) is 1. The van der Waals surface area contributed by atoms with Gasteiger partial charge >= 0.3 is 0 Å². The van der Waals surface area contributed by atoms with Crippen LogP contribution >= 0.6 is 0 Å². The van der Waals surface area contributed by atoms with E-state index in [0.29, 0.717) is 12.1 Å². The lowest BCUT2D eigenvalue weighted by Crippen LogP contribution is -2.27. The third-order valence-electron chi connectivity index (χ3n) is 4.03. The Bertz CT molecular complexity index is 720. The monoisotopic (exact) mass is 306 g/mol. The van der Waals surface area contributed by atoms with E-state index in [1.165, 1.54) is 5.56 Å². The molecule has 0 atom stereocenters. The molecule has 0 bridgehead atoms. The van der Waals surface area contributed by atoms with Crippen LogP contribution in [0.2, 0.25) is 0 Å². The van der Waals surface area contributed by atoms with Crippen LogP contribution in [0.1, 0.15) is 30.5 Å². The molecule has 2 rings (SSSR count). The van der Waals surface area contributed by atoms with Gasteiger partial charge in [0.15, 0.2) is 0 Å². The van der Waals surface area contributed by atoms with Gasteiger partial charge in [-0.05, 0) is 34.9 Å². The average Bonchev–Trinajstić information content (AvgIpc) is 2.60. The van der Waals surface area contributed by atoms with Crippen molar-refractivity contribution in [3.63, 3.8) is 0 Å². The third-order valence-corrected chi connectivity index (χ3v) is 4.03. The van der Waals surface area contributed by atoms with E-state index in [0.717, 1.165) is 16.9 Å². The zero-order chi connectivity index (χ0) is 16.9. The Labute approximate surface area is 138 Å². The molecule has 0 aliphatic carbocycles. The molecule has 0 amide bonds. The molecule has 118 valence electrons. The Kier molecular flexibility index (Phi) is 5.20. The standard InChI is InChI=1S/C20H22N2O/c1-20(2,14-22)18-8-6-16(7-9-18)17(13-21)12-15-4-10-19(23-3)11-5-15/h4-12H,14,22H2,1-3H3/b17-12+. The van der Waals surface area contributed by atoms with Crippen molar-refractivity contribution in [3.05, 3.63) is 65.2 Å². The molecule has 3 heteroatoms. The highest BCUT2D eigenvalue weighted by atomic mass is 16.5. The summed E-state index contributed by atoms with van der Waals surface area (Å²) in [6.45, 7) is 4.81. The molecule has 0 saturated heterocycles. The molecular formula is C20H22N2O. The summed E-state index contributed by atoms with van der Waals surface area (Å²) in [6.07, 6.45) is 1.88. The highest BCUT2D eigenvalue weighted by molar-refractivity contribution is 5.89. The predicted octanol–water partition coefficient (Wildman–Crippen LogP) is 4.00. The van der Waals surface area contributed by atoms with Crippen LogP contribution < -0.4 is 10.5 Å². The maximum absolute atomic E-state index is 9.45. The Morgan fingerprint density at radius 3 is 2.22 bits per heavy atom. The van der Waals surface area contributed by atoms with Crippen molar-refractivity contribution in [2.24, 2.45) is 5.73 Å². The number of hydrogen-bond acceptors (Lipinski definition) is 3. The summed E-state index contributed by atoms with van der Waals surface area (Å²) in [4.78, 5) is 0. The van der Waals surface area contributed by atoms with Crippen LogP contribution in [0.4, 0.5) is 0 Å². The molecule has 3 nitrogen and oxygen atoms in total. The molecular weight excluding hydrogens is 284 g/mol. The molecule has 0 radical (unpaired) electrons. The summed E-state index contributed by atoms with van der Waals surface area (Å²) >= 11 is 0. The van der Waals surface area contributed by atoms with Crippen LogP contribution in [0.25, 0.3) is 11.6 Å². The molecule has 0 heterocycles. The Morgan fingerprint density at radius 1 is 1.13 bits per heavy atom. The fourth-order valence-corrected chi connectivity index (χ4v) is 2.27. The van der Waals surface area contributed by atoms with E-state index in [-0.39, 0.29) is 5.41 Å². The van der Waals surface area contributed by atoms with Crippen molar-refractivity contribution in [2.45, 2.75) is 19.3 Å². The second-order valence-electron chi connectivity index (χ2n) is 6.11. The lowest BCUT2D eigenvalue weighted by atomic mass is 9.84. The van der Waals surface area contributed by atoms with E-state index in [4.69, 9.17) is 10.5 Å². The molecule has 0 unspecified atom stereocenters. The first-order valence-electron chi connectivity index (χ1n) is 7.57. The van der Waals surface area contributed by atoms with Gasteiger partial charge in [-0.25, -0.2) is 0 Å². The molecule has 0 aliphatic rings. The number of rotatable bonds is 5. The summed E-state index contributed by atoms with van der Waals surface area (Å²) in [5.41, 5.74) is 9.42. The van der Waals surface area contributed by atoms with E-state index < -0.39 is 0 Å². The summed E-state index contributed by atoms with van der Waals surface area (Å²) < 4.78 is 5.14. The molecule has 0 aromatic heterocycles. The van der Waals surface area contributed by atoms with Crippen molar-refractivity contribution in [1.29, 1.82) is 5.26 Å². The van der Waals surface area contributed by atoms with Gasteiger partial charge in [-0.3, -0.25) is 0 Å². The number of benzene rings is 2. The predicted molar refractivity (Wildman–Crippen MR) is 95.0 cm³/mol. The zero-order valence-electron chi connectivity index (χ0n) is 13.8. The molecule has 2 aromatic rings. The number of allylic oxidation sites excluding steroid dienone is 1.